The molecule has 0 atom stereocenters. The van der Waals surface area contributed by atoms with Crippen LogP contribution in [0.4, 0.5) is 4.39 Å². The lowest BCUT2D eigenvalue weighted by Crippen LogP contribution is -2.10. The first kappa shape index (κ1) is 7.97. The van der Waals surface area contributed by atoms with E-state index in [0.29, 0.717) is 5.52 Å². The molecule has 2 heterocycles. The van der Waals surface area contributed by atoms with Crippen LogP contribution in [0, 0.1) is 5.82 Å². The minimum Gasteiger partial charge on any atom is -0.268 e. The van der Waals surface area contributed by atoms with Gasteiger partial charge in [0.1, 0.15) is 5.52 Å². The summed E-state index contributed by atoms with van der Waals surface area (Å²) in [6, 6.07) is 5.19. The van der Waals surface area contributed by atoms with Crippen molar-refractivity contribution in [1.29, 1.82) is 0 Å². The largest absolute Gasteiger partial charge is 0.268 e. The van der Waals surface area contributed by atoms with Crippen LogP contribution in [0.3, 0.4) is 0 Å². The van der Waals surface area contributed by atoms with Crippen LogP contribution in [-0.4, -0.2) is 9.78 Å². The SMILES string of the molecule is Fc1cccc2c3n(nc12)CCCC3. The fourth-order valence-electron chi connectivity index (χ4n) is 2.17. The van der Waals surface area contributed by atoms with E-state index in [-0.39, 0.29) is 5.82 Å². The lowest BCUT2D eigenvalue weighted by atomic mass is 10.1. The van der Waals surface area contributed by atoms with Crippen LogP contribution in [0.2, 0.25) is 0 Å². The molecule has 0 amide bonds. The summed E-state index contributed by atoms with van der Waals surface area (Å²) in [4.78, 5) is 0. The van der Waals surface area contributed by atoms with Gasteiger partial charge in [-0.3, -0.25) is 4.68 Å². The molecule has 3 heteroatoms. The maximum Gasteiger partial charge on any atom is 0.151 e. The van der Waals surface area contributed by atoms with E-state index in [9.17, 15) is 4.39 Å². The van der Waals surface area contributed by atoms with Crippen LogP contribution >= 0.6 is 0 Å². The van der Waals surface area contributed by atoms with Gasteiger partial charge in [0.05, 0.1) is 0 Å². The van der Waals surface area contributed by atoms with E-state index in [1.807, 2.05) is 10.7 Å². The zero-order valence-corrected chi connectivity index (χ0v) is 7.83. The van der Waals surface area contributed by atoms with Gasteiger partial charge in [-0.1, -0.05) is 12.1 Å². The molecule has 2 nitrogen and oxygen atoms in total. The highest BCUT2D eigenvalue weighted by Crippen LogP contribution is 2.25. The molecule has 0 spiro atoms. The molecule has 0 bridgehead atoms. The number of hydrogen-bond acceptors (Lipinski definition) is 1. The van der Waals surface area contributed by atoms with Gasteiger partial charge in [0.15, 0.2) is 5.82 Å². The van der Waals surface area contributed by atoms with E-state index in [0.717, 1.165) is 24.8 Å². The average Bonchev–Trinajstić information content (AvgIpc) is 2.59. The van der Waals surface area contributed by atoms with E-state index >= 15 is 0 Å². The highest BCUT2D eigenvalue weighted by molar-refractivity contribution is 5.82. The average molecular weight is 190 g/mol. The molecule has 1 aliphatic heterocycles. The minimum absolute atomic E-state index is 0.204. The zero-order chi connectivity index (χ0) is 9.54. The second-order valence-corrected chi connectivity index (χ2v) is 3.76. The third-order valence-corrected chi connectivity index (χ3v) is 2.86. The molecule has 0 saturated heterocycles. The van der Waals surface area contributed by atoms with Crippen molar-refractivity contribution < 1.29 is 4.39 Å². The van der Waals surface area contributed by atoms with Gasteiger partial charge in [-0.15, -0.1) is 0 Å². The maximum atomic E-state index is 13.4. The highest BCUT2D eigenvalue weighted by atomic mass is 19.1. The summed E-state index contributed by atoms with van der Waals surface area (Å²) in [6.07, 6.45) is 3.37. The Kier molecular flexibility index (Phi) is 1.60. The van der Waals surface area contributed by atoms with E-state index in [1.54, 1.807) is 6.07 Å². The summed E-state index contributed by atoms with van der Waals surface area (Å²) in [6.45, 7) is 0.934. The number of aromatic nitrogens is 2. The quantitative estimate of drug-likeness (QED) is 0.624. The minimum atomic E-state index is -0.204. The number of hydrogen-bond donors (Lipinski definition) is 0. The van der Waals surface area contributed by atoms with Crippen LogP contribution in [0.25, 0.3) is 10.9 Å². The van der Waals surface area contributed by atoms with E-state index < -0.39 is 0 Å². The molecule has 2 aromatic rings. The summed E-state index contributed by atoms with van der Waals surface area (Å²) in [5.41, 5.74) is 1.73. The number of nitrogens with zero attached hydrogens (tertiary/aromatic N) is 2. The summed E-state index contributed by atoms with van der Waals surface area (Å²) >= 11 is 0. The van der Waals surface area contributed by atoms with Crippen LogP contribution in [0.1, 0.15) is 18.5 Å². The van der Waals surface area contributed by atoms with Crippen molar-refractivity contribution in [1.82, 2.24) is 9.78 Å². The standard InChI is InChI=1S/C11H11FN2/c12-9-5-3-4-8-10-6-1-2-7-14(10)13-11(8)9/h3-5H,1-2,6-7H2. The van der Waals surface area contributed by atoms with Crippen LogP contribution in [-0.2, 0) is 13.0 Å². The van der Waals surface area contributed by atoms with Gasteiger partial charge in [-0.2, -0.15) is 5.10 Å². The van der Waals surface area contributed by atoms with Crippen LogP contribution in [0.5, 0.6) is 0 Å². The fourth-order valence-corrected chi connectivity index (χ4v) is 2.17. The number of benzene rings is 1. The number of rotatable bonds is 0. The Labute approximate surface area is 81.3 Å². The monoisotopic (exact) mass is 190 g/mol. The molecule has 0 radical (unpaired) electrons. The molecule has 0 saturated carbocycles. The Balaban J connectivity index is 2.36. The fraction of sp³-hybridized carbons (Fsp3) is 0.364. The van der Waals surface area contributed by atoms with Gasteiger partial charge in [-0.25, -0.2) is 4.39 Å². The van der Waals surface area contributed by atoms with Crippen LogP contribution in [0.15, 0.2) is 18.2 Å². The van der Waals surface area contributed by atoms with Gasteiger partial charge in [0.2, 0.25) is 0 Å². The van der Waals surface area contributed by atoms with Crippen molar-refractivity contribution in [2.45, 2.75) is 25.8 Å². The molecular formula is C11H11FN2. The normalized spacial score (nSPS) is 15.8. The Morgan fingerprint density at radius 3 is 3.14 bits per heavy atom. The Morgan fingerprint density at radius 2 is 2.21 bits per heavy atom. The van der Waals surface area contributed by atoms with Crippen molar-refractivity contribution in [3.63, 3.8) is 0 Å². The molecule has 72 valence electrons. The molecule has 1 aromatic carbocycles. The Bertz CT molecular complexity index is 487. The third kappa shape index (κ3) is 0.983. The molecular weight excluding hydrogens is 179 g/mol. The molecule has 0 aliphatic carbocycles. The van der Waals surface area contributed by atoms with Crippen molar-refractivity contribution in [2.75, 3.05) is 0 Å². The van der Waals surface area contributed by atoms with Crippen molar-refractivity contribution >= 4 is 10.9 Å². The second kappa shape index (κ2) is 2.80. The molecule has 3 rings (SSSR count). The lowest BCUT2D eigenvalue weighted by molar-refractivity contribution is 0.489. The third-order valence-electron chi connectivity index (χ3n) is 2.86. The van der Waals surface area contributed by atoms with Crippen molar-refractivity contribution in [3.8, 4) is 0 Å². The lowest BCUT2D eigenvalue weighted by Gasteiger charge is -2.12. The molecule has 1 aliphatic rings. The zero-order valence-electron chi connectivity index (χ0n) is 7.83. The Hall–Kier alpha value is -1.38. The molecule has 14 heavy (non-hydrogen) atoms. The van der Waals surface area contributed by atoms with Crippen LogP contribution < -0.4 is 0 Å². The summed E-state index contributed by atoms with van der Waals surface area (Å²) < 4.78 is 15.4. The van der Waals surface area contributed by atoms with Gasteiger partial charge < -0.3 is 0 Å². The van der Waals surface area contributed by atoms with Gasteiger partial charge in [0.25, 0.3) is 0 Å². The first-order valence-electron chi connectivity index (χ1n) is 5.00. The Morgan fingerprint density at radius 1 is 1.29 bits per heavy atom. The van der Waals surface area contributed by atoms with Gasteiger partial charge in [0, 0.05) is 17.6 Å². The number of aryl methyl sites for hydroxylation is 2. The topological polar surface area (TPSA) is 17.8 Å². The van der Waals surface area contributed by atoms with E-state index in [1.165, 1.54) is 18.2 Å². The molecule has 0 N–H and O–H groups in total. The molecule has 0 fully saturated rings. The summed E-state index contributed by atoms with van der Waals surface area (Å²) in [5, 5.41) is 5.28. The van der Waals surface area contributed by atoms with Gasteiger partial charge >= 0.3 is 0 Å². The summed E-state index contributed by atoms with van der Waals surface area (Å²) in [7, 11) is 0. The highest BCUT2D eigenvalue weighted by Gasteiger charge is 2.16. The van der Waals surface area contributed by atoms with Crippen molar-refractivity contribution in [3.05, 3.63) is 29.7 Å². The summed E-state index contributed by atoms with van der Waals surface area (Å²) in [5.74, 6) is -0.204. The second-order valence-electron chi connectivity index (χ2n) is 3.76. The molecule has 0 unspecified atom stereocenters. The smallest absolute Gasteiger partial charge is 0.151 e. The maximum absolute atomic E-state index is 13.4. The first-order valence-corrected chi connectivity index (χ1v) is 5.00. The number of halogens is 1. The first-order chi connectivity index (χ1) is 6.86. The predicted octanol–water partition coefficient (Wildman–Crippen LogP) is 2.51. The van der Waals surface area contributed by atoms with E-state index in [4.69, 9.17) is 0 Å². The predicted molar refractivity (Wildman–Crippen MR) is 52.6 cm³/mol. The molecule has 1 aromatic heterocycles. The number of fused-ring (bicyclic) bond motifs is 3. The van der Waals surface area contributed by atoms with E-state index in [2.05, 4.69) is 5.10 Å². The van der Waals surface area contributed by atoms with Gasteiger partial charge in [-0.05, 0) is 25.3 Å². The van der Waals surface area contributed by atoms with Crippen molar-refractivity contribution in [2.24, 2.45) is 0 Å².